The number of halogens is 1. The van der Waals surface area contributed by atoms with E-state index in [4.69, 9.17) is 11.6 Å². The van der Waals surface area contributed by atoms with Crippen molar-refractivity contribution in [2.24, 2.45) is 0 Å². The monoisotopic (exact) mass is 402 g/mol. The van der Waals surface area contributed by atoms with Crippen molar-refractivity contribution in [3.05, 3.63) is 68.7 Å². The van der Waals surface area contributed by atoms with Crippen LogP contribution in [0.25, 0.3) is 0 Å². The van der Waals surface area contributed by atoms with E-state index in [1.54, 1.807) is 21.9 Å². The number of piperazine rings is 1. The molecule has 0 bridgehead atoms. The van der Waals surface area contributed by atoms with Crippen LogP contribution in [0.15, 0.2) is 42.5 Å². The Bertz CT molecular complexity index is 917. The summed E-state index contributed by atoms with van der Waals surface area (Å²) in [7, 11) is 1.46. The molecule has 9 heteroatoms. The fourth-order valence-electron chi connectivity index (χ4n) is 3.11. The van der Waals surface area contributed by atoms with Gasteiger partial charge in [-0.15, -0.1) is 0 Å². The van der Waals surface area contributed by atoms with E-state index in [9.17, 15) is 19.7 Å². The zero-order valence-electron chi connectivity index (χ0n) is 15.2. The second-order valence-corrected chi connectivity index (χ2v) is 6.84. The molecule has 2 amide bonds. The Labute approximate surface area is 166 Å². The summed E-state index contributed by atoms with van der Waals surface area (Å²) in [5, 5.41) is 14.6. The highest BCUT2D eigenvalue weighted by molar-refractivity contribution is 6.30. The highest BCUT2D eigenvalue weighted by atomic mass is 35.5. The average Bonchev–Trinajstić information content (AvgIpc) is 2.70. The van der Waals surface area contributed by atoms with Crippen molar-refractivity contribution < 1.29 is 14.5 Å². The first-order valence-corrected chi connectivity index (χ1v) is 9.04. The van der Waals surface area contributed by atoms with Crippen LogP contribution in [-0.4, -0.2) is 48.3 Å². The van der Waals surface area contributed by atoms with Crippen molar-refractivity contribution in [1.29, 1.82) is 0 Å². The van der Waals surface area contributed by atoms with Gasteiger partial charge in [0.1, 0.15) is 5.69 Å². The molecule has 0 saturated carbocycles. The number of nitro groups is 1. The van der Waals surface area contributed by atoms with Gasteiger partial charge in [-0.05, 0) is 29.8 Å². The zero-order valence-corrected chi connectivity index (χ0v) is 16.0. The second-order valence-electron chi connectivity index (χ2n) is 6.40. The van der Waals surface area contributed by atoms with E-state index in [0.717, 1.165) is 5.56 Å². The van der Waals surface area contributed by atoms with E-state index in [-0.39, 0.29) is 23.7 Å². The first-order chi connectivity index (χ1) is 13.4. The molecule has 2 aromatic rings. The molecule has 1 aliphatic rings. The molecule has 1 fully saturated rings. The third-order valence-electron chi connectivity index (χ3n) is 4.61. The molecule has 28 heavy (non-hydrogen) atoms. The quantitative estimate of drug-likeness (QED) is 0.612. The van der Waals surface area contributed by atoms with E-state index in [2.05, 4.69) is 5.32 Å². The molecule has 0 aliphatic carbocycles. The summed E-state index contributed by atoms with van der Waals surface area (Å²) in [5.41, 5.74) is 1.30. The molecular formula is C19H19ClN4O4. The molecule has 0 radical (unpaired) electrons. The molecule has 1 aliphatic heterocycles. The first-order valence-electron chi connectivity index (χ1n) is 8.66. The van der Waals surface area contributed by atoms with Gasteiger partial charge in [-0.1, -0.05) is 23.7 Å². The van der Waals surface area contributed by atoms with E-state index in [1.165, 1.54) is 25.2 Å². The standard InChI is InChI=1S/C19H19ClN4O4/c1-21-19(26)14-4-7-16(17(10-14)24(27)28)22-8-9-23(18(25)12-22)11-13-2-5-15(20)6-3-13/h2-7,10H,8-9,11-12H2,1H3,(H,21,26). The Hall–Kier alpha value is -3.13. The van der Waals surface area contributed by atoms with Crippen molar-refractivity contribution in [3.63, 3.8) is 0 Å². The number of nitrogens with one attached hydrogen (secondary N) is 1. The SMILES string of the molecule is CNC(=O)c1ccc(N2CCN(Cc3ccc(Cl)cc3)C(=O)C2)c([N+](=O)[O-])c1. The summed E-state index contributed by atoms with van der Waals surface area (Å²) in [6, 6.07) is 11.5. The summed E-state index contributed by atoms with van der Waals surface area (Å²) in [4.78, 5) is 38.7. The highest BCUT2D eigenvalue weighted by Gasteiger charge is 2.29. The number of carbonyl (C=O) groups is 2. The predicted molar refractivity (Wildman–Crippen MR) is 106 cm³/mol. The molecule has 1 heterocycles. The van der Waals surface area contributed by atoms with Crippen molar-refractivity contribution in [2.75, 3.05) is 31.6 Å². The Morgan fingerprint density at radius 1 is 1.21 bits per heavy atom. The van der Waals surface area contributed by atoms with Crippen LogP contribution < -0.4 is 10.2 Å². The summed E-state index contributed by atoms with van der Waals surface area (Å²) in [6.07, 6.45) is 0. The van der Waals surface area contributed by atoms with Crippen LogP contribution >= 0.6 is 11.6 Å². The van der Waals surface area contributed by atoms with Gasteiger partial charge >= 0.3 is 0 Å². The van der Waals surface area contributed by atoms with E-state index >= 15 is 0 Å². The van der Waals surface area contributed by atoms with Crippen molar-refractivity contribution in [3.8, 4) is 0 Å². The average molecular weight is 403 g/mol. The van der Waals surface area contributed by atoms with Crippen molar-refractivity contribution in [2.45, 2.75) is 6.54 Å². The number of carbonyl (C=O) groups excluding carboxylic acids is 2. The van der Waals surface area contributed by atoms with E-state index in [1.807, 2.05) is 12.1 Å². The summed E-state index contributed by atoms with van der Waals surface area (Å²) < 4.78 is 0. The molecule has 0 aromatic heterocycles. The van der Waals surface area contributed by atoms with Crippen LogP contribution in [0.5, 0.6) is 0 Å². The number of amides is 2. The highest BCUT2D eigenvalue weighted by Crippen LogP contribution is 2.30. The minimum Gasteiger partial charge on any atom is -0.355 e. The van der Waals surface area contributed by atoms with Crippen LogP contribution in [0.4, 0.5) is 11.4 Å². The summed E-state index contributed by atoms with van der Waals surface area (Å²) in [6.45, 7) is 1.39. The first kappa shape index (κ1) is 19.6. The van der Waals surface area contributed by atoms with Gasteiger partial charge in [0.05, 0.1) is 11.5 Å². The van der Waals surface area contributed by atoms with Gasteiger partial charge in [0, 0.05) is 43.3 Å². The molecule has 0 spiro atoms. The second kappa shape index (κ2) is 8.26. The summed E-state index contributed by atoms with van der Waals surface area (Å²) in [5.74, 6) is -0.524. The fourth-order valence-corrected chi connectivity index (χ4v) is 3.24. The molecule has 3 rings (SSSR count). The largest absolute Gasteiger partial charge is 0.355 e. The maximum atomic E-state index is 12.6. The van der Waals surface area contributed by atoms with Crippen LogP contribution in [0.1, 0.15) is 15.9 Å². The fraction of sp³-hybridized carbons (Fsp3) is 0.263. The van der Waals surface area contributed by atoms with Gasteiger partial charge in [-0.2, -0.15) is 0 Å². The van der Waals surface area contributed by atoms with Gasteiger partial charge in [-0.25, -0.2) is 0 Å². The Balaban J connectivity index is 1.76. The minimum absolute atomic E-state index is 0.0355. The lowest BCUT2D eigenvalue weighted by molar-refractivity contribution is -0.384. The molecule has 1 saturated heterocycles. The maximum Gasteiger partial charge on any atom is 0.293 e. The predicted octanol–water partition coefficient (Wildman–Crippen LogP) is 2.46. The topological polar surface area (TPSA) is 95.8 Å². The number of hydrogen-bond donors (Lipinski definition) is 1. The molecule has 0 unspecified atom stereocenters. The smallest absolute Gasteiger partial charge is 0.293 e. The van der Waals surface area contributed by atoms with Crippen LogP contribution in [-0.2, 0) is 11.3 Å². The lowest BCUT2D eigenvalue weighted by Gasteiger charge is -2.35. The Morgan fingerprint density at radius 3 is 2.54 bits per heavy atom. The number of hydrogen-bond acceptors (Lipinski definition) is 5. The number of nitrogens with zero attached hydrogens (tertiary/aromatic N) is 3. The van der Waals surface area contributed by atoms with Gasteiger partial charge < -0.3 is 15.1 Å². The van der Waals surface area contributed by atoms with Crippen molar-refractivity contribution in [1.82, 2.24) is 10.2 Å². The third-order valence-corrected chi connectivity index (χ3v) is 4.86. The molecule has 146 valence electrons. The Kier molecular flexibility index (Phi) is 5.79. The number of benzene rings is 2. The lowest BCUT2D eigenvalue weighted by Crippen LogP contribution is -2.50. The zero-order chi connectivity index (χ0) is 20.3. The van der Waals surface area contributed by atoms with Crippen LogP contribution in [0.2, 0.25) is 5.02 Å². The number of anilines is 1. The van der Waals surface area contributed by atoms with Crippen LogP contribution in [0.3, 0.4) is 0 Å². The molecule has 1 N–H and O–H groups in total. The Morgan fingerprint density at radius 2 is 1.93 bits per heavy atom. The van der Waals surface area contributed by atoms with E-state index in [0.29, 0.717) is 30.3 Å². The normalized spacial score (nSPS) is 14.1. The number of nitro benzene ring substituents is 1. The minimum atomic E-state index is -0.535. The van der Waals surface area contributed by atoms with Crippen molar-refractivity contribution >= 4 is 34.8 Å². The molecular weight excluding hydrogens is 384 g/mol. The lowest BCUT2D eigenvalue weighted by atomic mass is 10.1. The molecule has 0 atom stereocenters. The molecule has 8 nitrogen and oxygen atoms in total. The van der Waals surface area contributed by atoms with Gasteiger partial charge in [0.25, 0.3) is 11.6 Å². The van der Waals surface area contributed by atoms with Gasteiger partial charge in [0.2, 0.25) is 5.91 Å². The summed E-state index contributed by atoms with van der Waals surface area (Å²) >= 11 is 5.88. The molecule has 2 aromatic carbocycles. The van der Waals surface area contributed by atoms with Gasteiger partial charge in [0.15, 0.2) is 0 Å². The van der Waals surface area contributed by atoms with Gasteiger partial charge in [-0.3, -0.25) is 19.7 Å². The third kappa shape index (κ3) is 4.23. The van der Waals surface area contributed by atoms with Crippen LogP contribution in [0, 0.1) is 10.1 Å². The van der Waals surface area contributed by atoms with E-state index < -0.39 is 10.8 Å². The maximum absolute atomic E-state index is 12.6. The number of rotatable bonds is 5.